The minimum Gasteiger partial charge on any atom is -0.490 e. The fourth-order valence-corrected chi connectivity index (χ4v) is 3.56. The average Bonchev–Trinajstić information content (AvgIpc) is 2.89. The molecule has 1 amide bonds. The van der Waals surface area contributed by atoms with Crippen LogP contribution in [-0.2, 0) is 17.1 Å². The summed E-state index contributed by atoms with van der Waals surface area (Å²) in [4.78, 5) is 25.2. The Bertz CT molecular complexity index is 1600. The Kier molecular flexibility index (Phi) is 7.93. The van der Waals surface area contributed by atoms with E-state index in [0.717, 1.165) is 30.3 Å². The Morgan fingerprint density at radius 3 is 2.27 bits per heavy atom. The van der Waals surface area contributed by atoms with Crippen LogP contribution in [0.4, 0.5) is 32.0 Å². The molecule has 0 spiro atoms. The van der Waals surface area contributed by atoms with Crippen LogP contribution in [0, 0.1) is 0 Å². The summed E-state index contributed by atoms with van der Waals surface area (Å²) in [6, 6.07) is 13.1. The van der Waals surface area contributed by atoms with Crippen molar-refractivity contribution in [3.8, 4) is 23.0 Å². The Hall–Kier alpha value is -4.68. The molecule has 0 saturated heterocycles. The van der Waals surface area contributed by atoms with E-state index in [1.807, 2.05) is 0 Å². The van der Waals surface area contributed by atoms with Crippen molar-refractivity contribution in [1.29, 1.82) is 0 Å². The summed E-state index contributed by atoms with van der Waals surface area (Å²) in [5, 5.41) is 1.97. The van der Waals surface area contributed by atoms with Crippen molar-refractivity contribution in [3.05, 3.63) is 88.3 Å². The predicted octanol–water partition coefficient (Wildman–Crippen LogP) is 7.04. The van der Waals surface area contributed by atoms with E-state index in [1.165, 1.54) is 30.3 Å². The van der Waals surface area contributed by atoms with Crippen LogP contribution in [0.15, 0.2) is 75.9 Å². The SMILES string of the molecule is CCOc1ccccc1Oc1c(C(F)(F)F)oc2cc(OCC(=O)Nc3cccc(C(F)(F)F)c3)ccc2c1=O. The average molecular weight is 567 g/mol. The molecule has 40 heavy (non-hydrogen) atoms. The molecule has 0 unspecified atom stereocenters. The third kappa shape index (κ3) is 6.47. The molecule has 13 heteroatoms. The zero-order valence-corrected chi connectivity index (χ0v) is 20.5. The van der Waals surface area contributed by atoms with E-state index in [-0.39, 0.29) is 34.9 Å². The first kappa shape index (κ1) is 28.3. The number of ether oxygens (including phenoxy) is 3. The number of hydrogen-bond acceptors (Lipinski definition) is 6. The quantitative estimate of drug-likeness (QED) is 0.230. The van der Waals surface area contributed by atoms with Crippen LogP contribution in [0.1, 0.15) is 18.2 Å². The summed E-state index contributed by atoms with van der Waals surface area (Å²) >= 11 is 0. The zero-order chi connectivity index (χ0) is 29.1. The maximum Gasteiger partial charge on any atom is 0.453 e. The van der Waals surface area contributed by atoms with Crippen LogP contribution in [0.5, 0.6) is 23.0 Å². The molecular formula is C27H19F6NO6. The highest BCUT2D eigenvalue weighted by molar-refractivity contribution is 5.92. The third-order valence-corrected chi connectivity index (χ3v) is 5.28. The van der Waals surface area contributed by atoms with Gasteiger partial charge in [-0.25, -0.2) is 0 Å². The summed E-state index contributed by atoms with van der Waals surface area (Å²) in [7, 11) is 0. The topological polar surface area (TPSA) is 87.0 Å². The van der Waals surface area contributed by atoms with Crippen LogP contribution in [0.3, 0.4) is 0 Å². The number of carbonyl (C=O) groups is 1. The zero-order valence-electron chi connectivity index (χ0n) is 20.5. The van der Waals surface area contributed by atoms with Crippen molar-refractivity contribution in [2.45, 2.75) is 19.3 Å². The molecule has 7 nitrogen and oxygen atoms in total. The van der Waals surface area contributed by atoms with Crippen LogP contribution >= 0.6 is 0 Å². The predicted molar refractivity (Wildman–Crippen MR) is 131 cm³/mol. The molecule has 0 aliphatic heterocycles. The highest BCUT2D eigenvalue weighted by atomic mass is 19.4. The number of carbonyl (C=O) groups excluding carboxylic acids is 1. The van der Waals surface area contributed by atoms with Gasteiger partial charge in [-0.05, 0) is 49.4 Å². The van der Waals surface area contributed by atoms with Gasteiger partial charge in [-0.1, -0.05) is 18.2 Å². The van der Waals surface area contributed by atoms with Gasteiger partial charge in [0.15, 0.2) is 18.1 Å². The Balaban J connectivity index is 1.58. The third-order valence-electron chi connectivity index (χ3n) is 5.28. The number of alkyl halides is 6. The summed E-state index contributed by atoms with van der Waals surface area (Å²) < 4.78 is 101. The van der Waals surface area contributed by atoms with Crippen molar-refractivity contribution < 1.29 is 49.8 Å². The molecule has 3 aromatic carbocycles. The minimum absolute atomic E-state index is 0.116. The maximum absolute atomic E-state index is 13.9. The molecule has 1 N–H and O–H groups in total. The molecule has 0 aliphatic carbocycles. The Morgan fingerprint density at radius 1 is 0.875 bits per heavy atom. The lowest BCUT2D eigenvalue weighted by Gasteiger charge is -2.15. The highest BCUT2D eigenvalue weighted by Crippen LogP contribution is 2.40. The number of fused-ring (bicyclic) bond motifs is 1. The van der Waals surface area contributed by atoms with Crippen molar-refractivity contribution in [3.63, 3.8) is 0 Å². The van der Waals surface area contributed by atoms with Crippen molar-refractivity contribution in [2.24, 2.45) is 0 Å². The summed E-state index contributed by atoms with van der Waals surface area (Å²) in [6.07, 6.45) is -9.73. The number of anilines is 1. The molecule has 4 aromatic rings. The van der Waals surface area contributed by atoms with E-state index in [1.54, 1.807) is 13.0 Å². The molecular weight excluding hydrogens is 548 g/mol. The van der Waals surface area contributed by atoms with Gasteiger partial charge in [-0.15, -0.1) is 0 Å². The number of benzene rings is 3. The van der Waals surface area contributed by atoms with Gasteiger partial charge in [0, 0.05) is 11.8 Å². The monoisotopic (exact) mass is 567 g/mol. The first-order valence-corrected chi connectivity index (χ1v) is 11.5. The van der Waals surface area contributed by atoms with Crippen LogP contribution in [0.25, 0.3) is 11.0 Å². The van der Waals surface area contributed by atoms with Gasteiger partial charge in [0.1, 0.15) is 11.3 Å². The van der Waals surface area contributed by atoms with Crippen LogP contribution in [-0.4, -0.2) is 19.1 Å². The summed E-state index contributed by atoms with van der Waals surface area (Å²) in [6.45, 7) is 1.16. The first-order valence-electron chi connectivity index (χ1n) is 11.5. The molecule has 4 rings (SSSR count). The normalized spacial score (nSPS) is 11.8. The van der Waals surface area contributed by atoms with Gasteiger partial charge in [-0.2, -0.15) is 26.3 Å². The molecule has 210 valence electrons. The lowest BCUT2D eigenvalue weighted by atomic mass is 10.2. The van der Waals surface area contributed by atoms with E-state index in [9.17, 15) is 35.9 Å². The first-order chi connectivity index (χ1) is 18.9. The number of halogens is 6. The Labute approximate surface area is 221 Å². The molecule has 0 aliphatic rings. The van der Waals surface area contributed by atoms with E-state index in [2.05, 4.69) is 5.32 Å². The Morgan fingerprint density at radius 2 is 1.60 bits per heavy atom. The fraction of sp³-hybridized carbons (Fsp3) is 0.185. The molecule has 1 aromatic heterocycles. The molecule has 0 radical (unpaired) electrons. The van der Waals surface area contributed by atoms with E-state index in [0.29, 0.717) is 0 Å². The van der Waals surface area contributed by atoms with Gasteiger partial charge in [0.25, 0.3) is 11.7 Å². The highest BCUT2D eigenvalue weighted by Gasteiger charge is 2.41. The van der Waals surface area contributed by atoms with E-state index < -0.39 is 53.0 Å². The largest absolute Gasteiger partial charge is 0.490 e. The summed E-state index contributed by atoms with van der Waals surface area (Å²) in [5.41, 5.74) is -2.73. The second-order valence-electron chi connectivity index (χ2n) is 8.14. The number of nitrogens with one attached hydrogen (secondary N) is 1. The lowest BCUT2D eigenvalue weighted by Crippen LogP contribution is -2.20. The van der Waals surface area contributed by atoms with Gasteiger partial charge >= 0.3 is 12.4 Å². The maximum atomic E-state index is 13.9. The molecule has 0 fully saturated rings. The summed E-state index contributed by atoms with van der Waals surface area (Å²) in [5.74, 6) is -3.79. The second kappa shape index (κ2) is 11.2. The molecule has 1 heterocycles. The molecule has 0 atom stereocenters. The molecule has 0 bridgehead atoms. The number of para-hydroxylation sites is 2. The van der Waals surface area contributed by atoms with Gasteiger partial charge in [0.05, 0.1) is 17.6 Å². The van der Waals surface area contributed by atoms with Crippen molar-refractivity contribution in [2.75, 3.05) is 18.5 Å². The van der Waals surface area contributed by atoms with E-state index in [4.69, 9.17) is 18.6 Å². The van der Waals surface area contributed by atoms with Crippen LogP contribution in [0.2, 0.25) is 0 Å². The second-order valence-corrected chi connectivity index (χ2v) is 8.14. The van der Waals surface area contributed by atoms with E-state index >= 15 is 0 Å². The smallest absolute Gasteiger partial charge is 0.453 e. The van der Waals surface area contributed by atoms with Crippen LogP contribution < -0.4 is 25.0 Å². The van der Waals surface area contributed by atoms with Gasteiger partial charge in [0.2, 0.25) is 11.2 Å². The van der Waals surface area contributed by atoms with Gasteiger partial charge < -0.3 is 23.9 Å². The van der Waals surface area contributed by atoms with Gasteiger partial charge in [-0.3, -0.25) is 9.59 Å². The standard InChI is InChI=1S/C27H19F6NO6/c1-2-37-19-8-3-4-9-20(19)39-24-23(36)18-11-10-17(13-21(18)40-25(24)27(31,32)33)38-14-22(35)34-16-7-5-6-15(12-16)26(28,29)30/h3-13H,2,14H2,1H3,(H,34,35). The number of amides is 1. The van der Waals surface area contributed by atoms with Crippen molar-refractivity contribution in [1.82, 2.24) is 0 Å². The minimum atomic E-state index is -5.12. The fourth-order valence-electron chi connectivity index (χ4n) is 3.56. The number of rotatable bonds is 8. The molecule has 0 saturated carbocycles. The van der Waals surface area contributed by atoms with Crippen molar-refractivity contribution >= 4 is 22.6 Å². The lowest BCUT2D eigenvalue weighted by molar-refractivity contribution is -0.154. The number of hydrogen-bond donors (Lipinski definition) is 1.